The Morgan fingerprint density at radius 2 is 1.94 bits per heavy atom. The number of nitrogens with zero attached hydrogens (tertiary/aromatic N) is 2. The molecule has 4 aliphatic rings. The summed E-state index contributed by atoms with van der Waals surface area (Å²) in [4.78, 5) is 74.5. The highest BCUT2D eigenvalue weighted by molar-refractivity contribution is 6.38. The number of oxime groups is 1. The van der Waals surface area contributed by atoms with E-state index in [1.807, 2.05) is 13.0 Å². The smallest absolute Gasteiger partial charge is 0.320 e. The molecular weight excluding hydrogens is 668 g/mol. The number of methoxy groups -OCH3 is 2. The average molecular weight is 707 g/mol. The summed E-state index contributed by atoms with van der Waals surface area (Å²) in [5, 5.41) is 15.6. The zero-order chi connectivity index (χ0) is 35.6. The van der Waals surface area contributed by atoms with Crippen molar-refractivity contribution in [2.45, 2.75) is 75.2 Å². The fraction of sp³-hybridized carbons (Fsp3) is 0.429. The van der Waals surface area contributed by atoms with Gasteiger partial charge in [0.15, 0.2) is 5.60 Å². The minimum absolute atomic E-state index is 0.0327. The van der Waals surface area contributed by atoms with Crippen LogP contribution in [-0.4, -0.2) is 84.6 Å². The predicted octanol–water partition coefficient (Wildman–Crippen LogP) is 2.89. The number of urea groups is 1. The molecule has 1 saturated heterocycles. The summed E-state index contributed by atoms with van der Waals surface area (Å²) in [6.45, 7) is 1.78. The third-order valence-electron chi connectivity index (χ3n) is 9.18. The van der Waals surface area contributed by atoms with Gasteiger partial charge < -0.3 is 40.5 Å². The minimum Gasteiger partial charge on any atom is -0.497 e. The van der Waals surface area contributed by atoms with Crippen LogP contribution < -0.4 is 30.7 Å². The van der Waals surface area contributed by atoms with E-state index in [0.717, 1.165) is 18.4 Å². The molecule has 3 aliphatic heterocycles. The van der Waals surface area contributed by atoms with Crippen LogP contribution >= 0.6 is 11.6 Å². The third-order valence-corrected chi connectivity index (χ3v) is 9.41. The Labute approximate surface area is 293 Å². The van der Waals surface area contributed by atoms with Crippen LogP contribution in [0.2, 0.25) is 5.02 Å². The average Bonchev–Trinajstić information content (AvgIpc) is 3.71. The molecule has 4 N–H and O–H groups in total. The number of amides is 5. The number of Topliss-reactive ketones (excluding diaryl/α,β-unsaturated/α-hetero) is 1. The van der Waals surface area contributed by atoms with E-state index in [-0.39, 0.29) is 37.5 Å². The highest BCUT2D eigenvalue weighted by Crippen LogP contribution is 2.40. The fourth-order valence-electron chi connectivity index (χ4n) is 6.48. The molecule has 0 bridgehead atoms. The highest BCUT2D eigenvalue weighted by atomic mass is 35.5. The Morgan fingerprint density at radius 1 is 1.14 bits per heavy atom. The van der Waals surface area contributed by atoms with E-state index in [4.69, 9.17) is 25.9 Å². The molecule has 6 rings (SSSR count). The first-order valence-electron chi connectivity index (χ1n) is 16.5. The van der Waals surface area contributed by atoms with Crippen LogP contribution in [0.4, 0.5) is 4.79 Å². The van der Waals surface area contributed by atoms with Crippen molar-refractivity contribution >= 4 is 46.8 Å². The van der Waals surface area contributed by atoms with Crippen molar-refractivity contribution < 1.29 is 38.3 Å². The molecule has 0 aromatic heterocycles. The van der Waals surface area contributed by atoms with Crippen molar-refractivity contribution in [3.05, 3.63) is 70.4 Å². The van der Waals surface area contributed by atoms with Crippen molar-refractivity contribution in [1.29, 1.82) is 0 Å². The normalized spacial score (nSPS) is 23.1. The molecule has 0 radical (unpaired) electrons. The van der Waals surface area contributed by atoms with E-state index >= 15 is 0 Å². The van der Waals surface area contributed by atoms with Gasteiger partial charge in [0.25, 0.3) is 11.8 Å². The lowest BCUT2D eigenvalue weighted by molar-refractivity contribution is -0.141. The van der Waals surface area contributed by atoms with Crippen LogP contribution in [0.1, 0.15) is 62.6 Å². The largest absolute Gasteiger partial charge is 0.497 e. The summed E-state index contributed by atoms with van der Waals surface area (Å²) >= 11 is 6.23. The molecule has 2 aromatic rings. The lowest BCUT2D eigenvalue weighted by Crippen LogP contribution is -2.54. The molecule has 1 aliphatic carbocycles. The molecule has 5 amide bonds. The van der Waals surface area contributed by atoms with Gasteiger partial charge in [-0.05, 0) is 55.7 Å². The number of nitrogens with one attached hydrogen (secondary N) is 4. The summed E-state index contributed by atoms with van der Waals surface area (Å²) in [6.07, 6.45) is 4.19. The lowest BCUT2D eigenvalue weighted by Gasteiger charge is -2.30. The molecule has 14 nitrogen and oxygen atoms in total. The predicted molar refractivity (Wildman–Crippen MR) is 182 cm³/mol. The minimum atomic E-state index is -1.13. The first-order chi connectivity index (χ1) is 24.0. The van der Waals surface area contributed by atoms with Crippen molar-refractivity contribution in [2.24, 2.45) is 5.16 Å². The Bertz CT molecular complexity index is 1780. The van der Waals surface area contributed by atoms with E-state index in [1.165, 1.54) is 25.2 Å². The molecule has 1 saturated carbocycles. The maximum atomic E-state index is 14.4. The topological polar surface area (TPSA) is 177 Å². The summed E-state index contributed by atoms with van der Waals surface area (Å²) in [5.41, 5.74) is 0.714. The molecule has 264 valence electrons. The first kappa shape index (κ1) is 34.7. The van der Waals surface area contributed by atoms with Crippen molar-refractivity contribution in [1.82, 2.24) is 26.2 Å². The summed E-state index contributed by atoms with van der Waals surface area (Å²) in [6, 6.07) is 8.53. The number of benzene rings is 2. The van der Waals surface area contributed by atoms with Crippen LogP contribution in [0.25, 0.3) is 0 Å². The summed E-state index contributed by atoms with van der Waals surface area (Å²) < 4.78 is 10.9. The number of likely N-dealkylation sites (tertiary alicyclic amines) is 1. The Morgan fingerprint density at radius 3 is 2.64 bits per heavy atom. The van der Waals surface area contributed by atoms with E-state index in [2.05, 4.69) is 26.4 Å². The summed E-state index contributed by atoms with van der Waals surface area (Å²) in [5.74, 6) is -1.79. The van der Waals surface area contributed by atoms with E-state index < -0.39 is 53.3 Å². The van der Waals surface area contributed by atoms with Gasteiger partial charge in [0.05, 0.1) is 38.6 Å². The maximum Gasteiger partial charge on any atom is 0.320 e. The molecule has 1 spiro atoms. The van der Waals surface area contributed by atoms with Crippen LogP contribution in [0, 0.1) is 0 Å². The second-order valence-electron chi connectivity index (χ2n) is 12.9. The maximum absolute atomic E-state index is 14.4. The van der Waals surface area contributed by atoms with Crippen LogP contribution in [-0.2, 0) is 24.0 Å². The zero-order valence-corrected chi connectivity index (χ0v) is 28.7. The molecule has 3 heterocycles. The second-order valence-corrected chi connectivity index (χ2v) is 13.3. The Balaban J connectivity index is 1.29. The van der Waals surface area contributed by atoms with E-state index in [1.54, 1.807) is 36.4 Å². The van der Waals surface area contributed by atoms with E-state index in [9.17, 15) is 24.0 Å². The monoisotopic (exact) mass is 706 g/mol. The Hall–Kier alpha value is -5.11. The third kappa shape index (κ3) is 7.39. The zero-order valence-electron chi connectivity index (χ0n) is 27.9. The number of hydrogen-bond donors (Lipinski definition) is 4. The van der Waals surface area contributed by atoms with Gasteiger partial charge in [0.1, 0.15) is 23.2 Å². The van der Waals surface area contributed by atoms with Gasteiger partial charge >= 0.3 is 6.03 Å². The molecule has 50 heavy (non-hydrogen) atoms. The van der Waals surface area contributed by atoms with Gasteiger partial charge in [0, 0.05) is 35.0 Å². The number of ketones is 1. The second kappa shape index (κ2) is 14.4. The van der Waals surface area contributed by atoms with Gasteiger partial charge in [-0.15, -0.1) is 0 Å². The van der Waals surface area contributed by atoms with Crippen molar-refractivity contribution in [3.63, 3.8) is 0 Å². The summed E-state index contributed by atoms with van der Waals surface area (Å²) in [7, 11) is 3.00. The van der Waals surface area contributed by atoms with Gasteiger partial charge in [-0.1, -0.05) is 42.2 Å². The molecular formula is C35H39ClN6O8. The number of rotatable bonds is 12. The van der Waals surface area contributed by atoms with Gasteiger partial charge in [-0.25, -0.2) is 4.79 Å². The van der Waals surface area contributed by atoms with Gasteiger partial charge in [-0.2, -0.15) is 0 Å². The number of hydrogen-bond acceptors (Lipinski definition) is 9. The van der Waals surface area contributed by atoms with Gasteiger partial charge in [-0.3, -0.25) is 19.2 Å². The van der Waals surface area contributed by atoms with Crippen LogP contribution in [0.15, 0.2) is 59.4 Å². The fourth-order valence-corrected chi connectivity index (χ4v) is 6.67. The molecule has 2 aromatic carbocycles. The molecule has 2 fully saturated rings. The molecule has 1 unspecified atom stereocenters. The number of ether oxygens (including phenoxy) is 2. The van der Waals surface area contributed by atoms with Crippen LogP contribution in [0.3, 0.4) is 0 Å². The van der Waals surface area contributed by atoms with Crippen molar-refractivity contribution in [3.8, 4) is 11.5 Å². The van der Waals surface area contributed by atoms with Crippen molar-refractivity contribution in [2.75, 3.05) is 20.8 Å². The van der Waals surface area contributed by atoms with Crippen LogP contribution in [0.5, 0.6) is 11.5 Å². The Kier molecular flexibility index (Phi) is 10.0. The molecule has 4 atom stereocenters. The SMILES string of the molecule is CCC[C@H](NC(=O)[C@@H]1C[C@]2(CC(c3cccc(Cl)c3)=NO2)CN1C(=O)C1=CC(c2cc(OC)ccc2OC)NC(=O)N1)C(=O)C(=O)NC1CC1. The standard InChI is InChI=1S/C35H39ClN6O8/c1-4-6-24(30(43)32(45)37-21-9-10-21)38-31(44)28-17-35(16-27(41-50-35)19-7-5-8-20(36)13-19)18-42(28)33(46)26-15-25(39-34(47)40-26)23-14-22(48-2)11-12-29(23)49-3/h5,7-8,11-15,21,24-25,28H,4,6,9-10,16-18H2,1-3H3,(H,37,45)(H,38,44)(H2,39,40,47)/t24-,25?,28-,35+/m0/s1. The van der Waals surface area contributed by atoms with E-state index in [0.29, 0.717) is 34.2 Å². The van der Waals surface area contributed by atoms with Gasteiger partial charge in [0.2, 0.25) is 11.7 Å². The lowest BCUT2D eigenvalue weighted by atomic mass is 9.91. The number of halogens is 1. The number of carbonyl (C=O) groups is 5. The first-order valence-corrected chi connectivity index (χ1v) is 16.9. The quantitative estimate of drug-likeness (QED) is 0.244. The number of carbonyl (C=O) groups excluding carboxylic acids is 5. The highest BCUT2D eigenvalue weighted by Gasteiger charge is 2.54. The molecule has 15 heteroatoms.